The van der Waals surface area contributed by atoms with Crippen molar-refractivity contribution in [3.63, 3.8) is 0 Å². The summed E-state index contributed by atoms with van der Waals surface area (Å²) in [5.41, 5.74) is 3.60. The second kappa shape index (κ2) is 3.01. The molecule has 4 rings (SSSR count). The van der Waals surface area contributed by atoms with Crippen LogP contribution in [-0.4, -0.2) is 19.4 Å². The molecule has 0 saturated heterocycles. The van der Waals surface area contributed by atoms with Crippen LogP contribution in [0.3, 0.4) is 0 Å². The molecule has 0 aliphatic heterocycles. The van der Waals surface area contributed by atoms with Gasteiger partial charge in [-0.3, -0.25) is 4.40 Å². The van der Waals surface area contributed by atoms with E-state index in [0.717, 1.165) is 27.7 Å². The normalized spacial score (nSPS) is 11.5. The maximum atomic E-state index is 4.60. The molecule has 0 radical (unpaired) electrons. The Labute approximate surface area is 96.6 Å². The van der Waals surface area contributed by atoms with E-state index in [1.807, 2.05) is 40.8 Å². The smallest absolute Gasteiger partial charge is 0.165 e. The van der Waals surface area contributed by atoms with Gasteiger partial charge in [-0.2, -0.15) is 0 Å². The lowest BCUT2D eigenvalue weighted by molar-refractivity contribution is 1.12. The molecule has 4 heteroatoms. The molecule has 1 aromatic carbocycles. The zero-order valence-corrected chi connectivity index (χ0v) is 8.91. The van der Waals surface area contributed by atoms with Gasteiger partial charge in [-0.15, -0.1) is 0 Å². The zero-order valence-electron chi connectivity index (χ0n) is 8.91. The van der Waals surface area contributed by atoms with E-state index in [-0.39, 0.29) is 0 Å². The van der Waals surface area contributed by atoms with Gasteiger partial charge in [-0.05, 0) is 24.3 Å². The van der Waals surface area contributed by atoms with E-state index in [9.17, 15) is 0 Å². The van der Waals surface area contributed by atoms with E-state index in [4.69, 9.17) is 0 Å². The van der Waals surface area contributed by atoms with Crippen LogP contribution in [0.4, 0.5) is 0 Å². The molecule has 4 nitrogen and oxygen atoms in total. The minimum Gasteiger partial charge on any atom is -0.266 e. The molecule has 3 heterocycles. The summed E-state index contributed by atoms with van der Waals surface area (Å²) in [6.07, 6.45) is 3.55. The van der Waals surface area contributed by atoms with Crippen molar-refractivity contribution in [2.24, 2.45) is 0 Å². The van der Waals surface area contributed by atoms with Gasteiger partial charge in [0.25, 0.3) is 0 Å². The predicted octanol–water partition coefficient (Wildman–Crippen LogP) is 2.43. The molecule has 3 aromatic heterocycles. The summed E-state index contributed by atoms with van der Waals surface area (Å²) in [4.78, 5) is 13.4. The average Bonchev–Trinajstić information content (AvgIpc) is 2.78. The van der Waals surface area contributed by atoms with Crippen LogP contribution in [0.15, 0.2) is 48.9 Å². The summed E-state index contributed by atoms with van der Waals surface area (Å²) in [5.74, 6) is 0. The van der Waals surface area contributed by atoms with Crippen molar-refractivity contribution in [1.82, 2.24) is 19.4 Å². The van der Waals surface area contributed by atoms with Gasteiger partial charge in [0.05, 0.1) is 5.52 Å². The van der Waals surface area contributed by atoms with Crippen LogP contribution in [0.2, 0.25) is 0 Å². The summed E-state index contributed by atoms with van der Waals surface area (Å²) in [6.45, 7) is 0. The van der Waals surface area contributed by atoms with Gasteiger partial charge in [-0.25, -0.2) is 15.0 Å². The topological polar surface area (TPSA) is 43.1 Å². The van der Waals surface area contributed by atoms with Gasteiger partial charge in [0.2, 0.25) is 0 Å². The first-order chi connectivity index (χ1) is 8.43. The molecule has 0 spiro atoms. The quantitative estimate of drug-likeness (QED) is 0.457. The molecular formula is C13H8N4. The van der Waals surface area contributed by atoms with Crippen molar-refractivity contribution in [3.8, 4) is 0 Å². The second-order valence-electron chi connectivity index (χ2n) is 3.91. The summed E-state index contributed by atoms with van der Waals surface area (Å²) in [7, 11) is 0. The fourth-order valence-corrected chi connectivity index (χ4v) is 2.12. The van der Waals surface area contributed by atoms with E-state index in [2.05, 4.69) is 15.0 Å². The van der Waals surface area contributed by atoms with Crippen LogP contribution in [0, 0.1) is 0 Å². The van der Waals surface area contributed by atoms with Gasteiger partial charge in [-0.1, -0.05) is 12.1 Å². The fourth-order valence-electron chi connectivity index (χ4n) is 2.12. The van der Waals surface area contributed by atoms with Crippen molar-refractivity contribution in [2.75, 3.05) is 0 Å². The number of hydrogen-bond donors (Lipinski definition) is 0. The Morgan fingerprint density at radius 1 is 0.824 bits per heavy atom. The molecule has 0 unspecified atom stereocenters. The van der Waals surface area contributed by atoms with Crippen LogP contribution in [0.5, 0.6) is 0 Å². The standard InChI is InChI=1S/C13H8N4/c1-2-5-10-9(4-1)12-16-11-6-3-7-14-13(11)17(12)8-15-10/h1-8H. The summed E-state index contributed by atoms with van der Waals surface area (Å²) < 4.78 is 1.93. The number of benzene rings is 1. The Morgan fingerprint density at radius 3 is 2.71 bits per heavy atom. The summed E-state index contributed by atoms with van der Waals surface area (Å²) >= 11 is 0. The molecule has 0 aliphatic rings. The molecule has 0 saturated carbocycles. The van der Waals surface area contributed by atoms with E-state index in [0.29, 0.717) is 0 Å². The van der Waals surface area contributed by atoms with E-state index in [1.165, 1.54) is 0 Å². The number of aromatic nitrogens is 4. The lowest BCUT2D eigenvalue weighted by Crippen LogP contribution is -1.90. The number of nitrogens with zero attached hydrogens (tertiary/aromatic N) is 4. The van der Waals surface area contributed by atoms with E-state index < -0.39 is 0 Å². The van der Waals surface area contributed by atoms with E-state index in [1.54, 1.807) is 12.5 Å². The van der Waals surface area contributed by atoms with Crippen molar-refractivity contribution in [1.29, 1.82) is 0 Å². The molecule has 0 atom stereocenters. The number of hydrogen-bond acceptors (Lipinski definition) is 3. The molecule has 0 bridgehead atoms. The number of fused-ring (bicyclic) bond motifs is 5. The molecule has 0 N–H and O–H groups in total. The minimum absolute atomic E-state index is 0.848. The molecule has 4 aromatic rings. The number of para-hydroxylation sites is 1. The van der Waals surface area contributed by atoms with Crippen LogP contribution in [0.1, 0.15) is 0 Å². The monoisotopic (exact) mass is 220 g/mol. The predicted molar refractivity (Wildman–Crippen MR) is 65.8 cm³/mol. The second-order valence-corrected chi connectivity index (χ2v) is 3.91. The Kier molecular flexibility index (Phi) is 1.53. The zero-order chi connectivity index (χ0) is 11.2. The van der Waals surface area contributed by atoms with Crippen molar-refractivity contribution >= 4 is 27.7 Å². The average molecular weight is 220 g/mol. The maximum absolute atomic E-state index is 4.60. The van der Waals surface area contributed by atoms with Crippen LogP contribution < -0.4 is 0 Å². The molecule has 80 valence electrons. The fraction of sp³-hybridized carbons (Fsp3) is 0. The first-order valence-electron chi connectivity index (χ1n) is 5.40. The first-order valence-corrected chi connectivity index (χ1v) is 5.40. The number of pyridine rings is 1. The Balaban J connectivity index is 2.34. The first kappa shape index (κ1) is 8.64. The van der Waals surface area contributed by atoms with Crippen LogP contribution in [0.25, 0.3) is 27.7 Å². The van der Waals surface area contributed by atoms with Crippen LogP contribution >= 0.6 is 0 Å². The third-order valence-corrected chi connectivity index (χ3v) is 2.91. The highest BCUT2D eigenvalue weighted by Gasteiger charge is 2.08. The van der Waals surface area contributed by atoms with Gasteiger partial charge in [0, 0.05) is 11.6 Å². The molecule has 0 aliphatic carbocycles. The van der Waals surface area contributed by atoms with E-state index >= 15 is 0 Å². The summed E-state index contributed by atoms with van der Waals surface area (Å²) in [6, 6.07) is 11.9. The molecule has 0 amide bonds. The molecular weight excluding hydrogens is 212 g/mol. The van der Waals surface area contributed by atoms with Gasteiger partial charge in [0.15, 0.2) is 5.65 Å². The Hall–Kier alpha value is -2.49. The third kappa shape index (κ3) is 1.09. The SMILES string of the molecule is c1ccc2c(c1)ncn1c3ncccc3nc21. The van der Waals surface area contributed by atoms with Gasteiger partial charge in [0.1, 0.15) is 17.5 Å². The molecule has 0 fully saturated rings. The maximum Gasteiger partial charge on any atom is 0.165 e. The van der Waals surface area contributed by atoms with Crippen molar-refractivity contribution in [2.45, 2.75) is 0 Å². The number of imidazole rings is 1. The van der Waals surface area contributed by atoms with Crippen molar-refractivity contribution in [3.05, 3.63) is 48.9 Å². The van der Waals surface area contributed by atoms with Gasteiger partial charge >= 0.3 is 0 Å². The van der Waals surface area contributed by atoms with Gasteiger partial charge < -0.3 is 0 Å². The Morgan fingerprint density at radius 2 is 1.71 bits per heavy atom. The largest absolute Gasteiger partial charge is 0.266 e. The highest BCUT2D eigenvalue weighted by Crippen LogP contribution is 2.20. The van der Waals surface area contributed by atoms with Crippen molar-refractivity contribution < 1.29 is 0 Å². The third-order valence-electron chi connectivity index (χ3n) is 2.91. The highest BCUT2D eigenvalue weighted by atomic mass is 15.1. The Bertz CT molecular complexity index is 848. The van der Waals surface area contributed by atoms with Crippen LogP contribution in [-0.2, 0) is 0 Å². The number of rotatable bonds is 0. The molecule has 17 heavy (non-hydrogen) atoms. The lowest BCUT2D eigenvalue weighted by Gasteiger charge is -1.98. The summed E-state index contributed by atoms with van der Waals surface area (Å²) in [5, 5.41) is 1.05. The minimum atomic E-state index is 0.848. The highest BCUT2D eigenvalue weighted by molar-refractivity contribution is 5.94. The lowest BCUT2D eigenvalue weighted by atomic mass is 10.2.